The van der Waals surface area contributed by atoms with Gasteiger partial charge in [0.25, 0.3) is 5.91 Å². The molecule has 0 saturated heterocycles. The molecule has 1 amide bonds. The van der Waals surface area contributed by atoms with Crippen LogP contribution < -0.4 is 16.4 Å². The zero-order valence-corrected chi connectivity index (χ0v) is 10.9. The Hall–Kier alpha value is -1.71. The van der Waals surface area contributed by atoms with Crippen molar-refractivity contribution in [3.63, 3.8) is 0 Å². The molecule has 0 atom stereocenters. The Balaban J connectivity index is 2.32. The van der Waals surface area contributed by atoms with E-state index in [0.29, 0.717) is 17.3 Å². The van der Waals surface area contributed by atoms with Crippen molar-refractivity contribution in [3.8, 4) is 0 Å². The topological polar surface area (TPSA) is 72.3 Å². The largest absolute Gasteiger partial charge is 0.399 e. The number of nitrogens with two attached hydrogens (primary N) is 2. The van der Waals surface area contributed by atoms with Gasteiger partial charge in [-0.3, -0.25) is 4.79 Å². The Kier molecular flexibility index (Phi) is 3.75. The SMILES string of the molecule is CCCCN(c1cc(N)ccc1C(N)=O)C1CC1. The van der Waals surface area contributed by atoms with E-state index in [9.17, 15) is 4.79 Å². The molecule has 1 saturated carbocycles. The summed E-state index contributed by atoms with van der Waals surface area (Å²) in [7, 11) is 0. The average molecular weight is 247 g/mol. The summed E-state index contributed by atoms with van der Waals surface area (Å²) >= 11 is 0. The summed E-state index contributed by atoms with van der Waals surface area (Å²) in [6.45, 7) is 3.13. The summed E-state index contributed by atoms with van der Waals surface area (Å²) in [6, 6.07) is 5.88. The summed E-state index contributed by atoms with van der Waals surface area (Å²) in [5.41, 5.74) is 13.4. The van der Waals surface area contributed by atoms with E-state index < -0.39 is 0 Å². The fourth-order valence-corrected chi connectivity index (χ4v) is 2.21. The molecule has 1 fully saturated rings. The lowest BCUT2D eigenvalue weighted by Crippen LogP contribution is -2.29. The van der Waals surface area contributed by atoms with Crippen LogP contribution in [0.1, 0.15) is 43.0 Å². The summed E-state index contributed by atoms with van der Waals surface area (Å²) in [5.74, 6) is -0.382. The van der Waals surface area contributed by atoms with Crippen molar-refractivity contribution < 1.29 is 4.79 Å². The van der Waals surface area contributed by atoms with Crippen LogP contribution in [0.3, 0.4) is 0 Å². The number of nitrogen functional groups attached to an aromatic ring is 1. The number of nitrogens with zero attached hydrogens (tertiary/aromatic N) is 1. The molecular weight excluding hydrogens is 226 g/mol. The summed E-state index contributed by atoms with van der Waals surface area (Å²) < 4.78 is 0. The van der Waals surface area contributed by atoms with Gasteiger partial charge in [-0.1, -0.05) is 13.3 Å². The van der Waals surface area contributed by atoms with E-state index in [-0.39, 0.29) is 5.91 Å². The molecule has 98 valence electrons. The lowest BCUT2D eigenvalue weighted by Gasteiger charge is -2.26. The summed E-state index contributed by atoms with van der Waals surface area (Å²) in [6.07, 6.45) is 4.63. The third-order valence-electron chi connectivity index (χ3n) is 3.34. The molecule has 0 aromatic heterocycles. The minimum Gasteiger partial charge on any atom is -0.399 e. The average Bonchev–Trinajstić information content (AvgIpc) is 3.13. The van der Waals surface area contributed by atoms with E-state index in [0.717, 1.165) is 25.1 Å². The van der Waals surface area contributed by atoms with Crippen LogP contribution in [0.2, 0.25) is 0 Å². The van der Waals surface area contributed by atoms with E-state index in [4.69, 9.17) is 11.5 Å². The van der Waals surface area contributed by atoms with Gasteiger partial charge in [-0.25, -0.2) is 0 Å². The van der Waals surface area contributed by atoms with Gasteiger partial charge in [-0.15, -0.1) is 0 Å². The Morgan fingerprint density at radius 1 is 1.44 bits per heavy atom. The van der Waals surface area contributed by atoms with E-state index in [1.54, 1.807) is 12.1 Å². The van der Waals surface area contributed by atoms with Gasteiger partial charge in [-0.2, -0.15) is 0 Å². The second kappa shape index (κ2) is 5.29. The second-order valence-electron chi connectivity index (χ2n) is 4.92. The Morgan fingerprint density at radius 3 is 2.72 bits per heavy atom. The van der Waals surface area contributed by atoms with Gasteiger partial charge in [0.1, 0.15) is 0 Å². The zero-order valence-electron chi connectivity index (χ0n) is 10.9. The molecule has 1 aliphatic carbocycles. The molecule has 0 aliphatic heterocycles. The number of primary amides is 1. The molecule has 0 spiro atoms. The minimum atomic E-state index is -0.382. The third-order valence-corrected chi connectivity index (χ3v) is 3.34. The minimum absolute atomic E-state index is 0.382. The number of hydrogen-bond acceptors (Lipinski definition) is 3. The number of anilines is 2. The third kappa shape index (κ3) is 2.75. The van der Waals surface area contributed by atoms with Crippen molar-refractivity contribution in [2.45, 2.75) is 38.6 Å². The first-order valence-corrected chi connectivity index (χ1v) is 6.59. The Morgan fingerprint density at radius 2 is 2.17 bits per heavy atom. The maximum Gasteiger partial charge on any atom is 0.250 e. The highest BCUT2D eigenvalue weighted by molar-refractivity contribution is 5.99. The van der Waals surface area contributed by atoms with Crippen molar-refractivity contribution in [1.29, 1.82) is 0 Å². The van der Waals surface area contributed by atoms with Crippen LogP contribution in [0.15, 0.2) is 18.2 Å². The molecule has 0 unspecified atom stereocenters. The quantitative estimate of drug-likeness (QED) is 0.756. The molecule has 0 heterocycles. The molecule has 1 aromatic rings. The van der Waals surface area contributed by atoms with Gasteiger partial charge in [0, 0.05) is 18.3 Å². The predicted octanol–water partition coefficient (Wildman–Crippen LogP) is 2.14. The van der Waals surface area contributed by atoms with Crippen molar-refractivity contribution in [2.75, 3.05) is 17.2 Å². The predicted molar refractivity (Wildman–Crippen MR) is 74.6 cm³/mol. The van der Waals surface area contributed by atoms with Gasteiger partial charge >= 0.3 is 0 Å². The van der Waals surface area contributed by atoms with Gasteiger partial charge in [-0.05, 0) is 37.5 Å². The first-order chi connectivity index (χ1) is 8.63. The van der Waals surface area contributed by atoms with E-state index in [2.05, 4.69) is 11.8 Å². The van der Waals surface area contributed by atoms with Crippen LogP contribution in [0, 0.1) is 0 Å². The fourth-order valence-electron chi connectivity index (χ4n) is 2.21. The molecular formula is C14H21N3O. The van der Waals surface area contributed by atoms with Crippen molar-refractivity contribution in [1.82, 2.24) is 0 Å². The highest BCUT2D eigenvalue weighted by atomic mass is 16.1. The second-order valence-corrected chi connectivity index (χ2v) is 4.92. The molecule has 4 N–H and O–H groups in total. The first kappa shape index (κ1) is 12.7. The molecule has 2 rings (SSSR count). The van der Waals surface area contributed by atoms with Gasteiger partial charge in [0.05, 0.1) is 11.3 Å². The van der Waals surface area contributed by atoms with Crippen LogP contribution in [0.25, 0.3) is 0 Å². The van der Waals surface area contributed by atoms with Gasteiger partial charge < -0.3 is 16.4 Å². The highest BCUT2D eigenvalue weighted by Gasteiger charge is 2.30. The normalized spacial score (nSPS) is 14.5. The summed E-state index contributed by atoms with van der Waals surface area (Å²) in [4.78, 5) is 13.8. The van der Waals surface area contributed by atoms with E-state index >= 15 is 0 Å². The monoisotopic (exact) mass is 247 g/mol. The van der Waals surface area contributed by atoms with Gasteiger partial charge in [0.15, 0.2) is 0 Å². The van der Waals surface area contributed by atoms with Crippen molar-refractivity contribution in [2.24, 2.45) is 5.73 Å². The molecule has 4 nitrogen and oxygen atoms in total. The zero-order chi connectivity index (χ0) is 13.1. The maximum atomic E-state index is 11.5. The van der Waals surface area contributed by atoms with Crippen LogP contribution in [0.5, 0.6) is 0 Å². The number of benzene rings is 1. The number of amides is 1. The van der Waals surface area contributed by atoms with Crippen LogP contribution >= 0.6 is 0 Å². The molecule has 0 radical (unpaired) electrons. The highest BCUT2D eigenvalue weighted by Crippen LogP contribution is 2.34. The van der Waals surface area contributed by atoms with Crippen molar-refractivity contribution >= 4 is 17.3 Å². The van der Waals surface area contributed by atoms with E-state index in [1.807, 2.05) is 6.07 Å². The van der Waals surface area contributed by atoms with Crippen LogP contribution in [0.4, 0.5) is 11.4 Å². The maximum absolute atomic E-state index is 11.5. The number of carbonyl (C=O) groups is 1. The molecule has 1 aromatic carbocycles. The van der Waals surface area contributed by atoms with Gasteiger partial charge in [0.2, 0.25) is 0 Å². The molecule has 1 aliphatic rings. The lowest BCUT2D eigenvalue weighted by molar-refractivity contribution is 0.100. The first-order valence-electron chi connectivity index (χ1n) is 6.59. The molecule has 18 heavy (non-hydrogen) atoms. The number of rotatable bonds is 6. The number of carbonyl (C=O) groups excluding carboxylic acids is 1. The van der Waals surface area contributed by atoms with Crippen LogP contribution in [-0.2, 0) is 0 Å². The number of hydrogen-bond donors (Lipinski definition) is 2. The van der Waals surface area contributed by atoms with E-state index in [1.165, 1.54) is 12.8 Å². The summed E-state index contributed by atoms with van der Waals surface area (Å²) in [5, 5.41) is 0. The van der Waals surface area contributed by atoms with Crippen molar-refractivity contribution in [3.05, 3.63) is 23.8 Å². The Bertz CT molecular complexity index is 441. The lowest BCUT2D eigenvalue weighted by atomic mass is 10.1. The standard InChI is InChI=1S/C14H21N3O/c1-2-3-8-17(11-5-6-11)13-9-10(15)4-7-12(13)14(16)18/h4,7,9,11H,2-3,5-6,8,15H2,1H3,(H2,16,18). The Labute approximate surface area is 108 Å². The smallest absolute Gasteiger partial charge is 0.250 e. The van der Waals surface area contributed by atoms with Crippen LogP contribution in [-0.4, -0.2) is 18.5 Å². The molecule has 4 heteroatoms. The fraction of sp³-hybridized carbons (Fsp3) is 0.500. The molecule has 0 bridgehead atoms. The number of unbranched alkanes of at least 4 members (excludes halogenated alkanes) is 1.